The predicted octanol–water partition coefficient (Wildman–Crippen LogP) is 1.20. The van der Waals surface area contributed by atoms with Crippen molar-refractivity contribution >= 4 is 23.6 Å². The Morgan fingerprint density at radius 1 is 1.56 bits per heavy atom. The molecule has 0 aliphatic rings. The number of nitrogens with two attached hydrogens (primary N) is 1. The number of aromatic amines is 1. The minimum Gasteiger partial charge on any atom is -0.399 e. The van der Waals surface area contributed by atoms with Gasteiger partial charge in [0.2, 0.25) is 6.41 Å². The summed E-state index contributed by atoms with van der Waals surface area (Å²) in [5.74, 6) is 0.580. The molecule has 0 fully saturated rings. The van der Waals surface area contributed by atoms with Crippen LogP contribution in [0.3, 0.4) is 0 Å². The van der Waals surface area contributed by atoms with Gasteiger partial charge in [0.25, 0.3) is 0 Å². The molecule has 0 saturated heterocycles. The number of hydrogen-bond donors (Lipinski definition) is 3. The topological polar surface area (TPSA) is 87.0 Å². The maximum Gasteiger partial charge on any atom is 0.212 e. The first-order chi connectivity index (χ1) is 8.70. The van der Waals surface area contributed by atoms with E-state index in [1.807, 2.05) is 36.2 Å². The second-order valence-electron chi connectivity index (χ2n) is 3.99. The van der Waals surface area contributed by atoms with E-state index in [9.17, 15) is 4.79 Å². The smallest absolute Gasteiger partial charge is 0.212 e. The summed E-state index contributed by atoms with van der Waals surface area (Å²) in [5, 5.41) is 9.20. The molecule has 0 bridgehead atoms. The predicted molar refractivity (Wildman–Crippen MR) is 71.2 cm³/mol. The third-order valence-corrected chi connectivity index (χ3v) is 2.60. The monoisotopic (exact) mass is 245 g/mol. The van der Waals surface area contributed by atoms with Gasteiger partial charge < -0.3 is 16.0 Å². The SMILES string of the molecule is CN(Cc1cccc(N)c1)c1cn[nH]c1NC=O. The lowest BCUT2D eigenvalue weighted by atomic mass is 10.2. The number of benzene rings is 1. The van der Waals surface area contributed by atoms with Crippen LogP contribution in [0, 0.1) is 0 Å². The van der Waals surface area contributed by atoms with Gasteiger partial charge >= 0.3 is 0 Å². The number of H-pyrrole nitrogens is 1. The van der Waals surface area contributed by atoms with Crippen molar-refractivity contribution in [3.63, 3.8) is 0 Å². The molecular weight excluding hydrogens is 230 g/mol. The van der Waals surface area contributed by atoms with Gasteiger partial charge in [-0.05, 0) is 17.7 Å². The van der Waals surface area contributed by atoms with Crippen molar-refractivity contribution in [2.24, 2.45) is 0 Å². The van der Waals surface area contributed by atoms with Crippen molar-refractivity contribution in [2.75, 3.05) is 23.0 Å². The van der Waals surface area contributed by atoms with E-state index in [0.29, 0.717) is 18.8 Å². The number of nitrogens with zero attached hydrogens (tertiary/aromatic N) is 2. The van der Waals surface area contributed by atoms with Gasteiger partial charge in [-0.15, -0.1) is 0 Å². The first kappa shape index (κ1) is 12.0. The Morgan fingerprint density at radius 2 is 2.39 bits per heavy atom. The van der Waals surface area contributed by atoms with Crippen molar-refractivity contribution in [3.8, 4) is 0 Å². The highest BCUT2D eigenvalue weighted by molar-refractivity contribution is 5.77. The van der Waals surface area contributed by atoms with Gasteiger partial charge in [-0.2, -0.15) is 5.10 Å². The third kappa shape index (κ3) is 2.60. The molecule has 1 heterocycles. The van der Waals surface area contributed by atoms with Gasteiger partial charge in [-0.25, -0.2) is 0 Å². The third-order valence-electron chi connectivity index (χ3n) is 2.60. The lowest BCUT2D eigenvalue weighted by molar-refractivity contribution is -0.105. The van der Waals surface area contributed by atoms with Crippen LogP contribution in [0.15, 0.2) is 30.5 Å². The highest BCUT2D eigenvalue weighted by atomic mass is 16.1. The van der Waals surface area contributed by atoms with Crippen LogP contribution < -0.4 is 16.0 Å². The number of nitrogens with one attached hydrogen (secondary N) is 2. The van der Waals surface area contributed by atoms with Crippen molar-refractivity contribution < 1.29 is 4.79 Å². The summed E-state index contributed by atoms with van der Waals surface area (Å²) in [6.07, 6.45) is 2.28. The highest BCUT2D eigenvalue weighted by Crippen LogP contribution is 2.23. The van der Waals surface area contributed by atoms with Gasteiger partial charge in [0.05, 0.1) is 11.9 Å². The van der Waals surface area contributed by atoms with Gasteiger partial charge in [-0.3, -0.25) is 9.89 Å². The fourth-order valence-electron chi connectivity index (χ4n) is 1.78. The van der Waals surface area contributed by atoms with Crippen LogP contribution in [-0.2, 0) is 11.3 Å². The maximum absolute atomic E-state index is 10.5. The molecule has 6 heteroatoms. The lowest BCUT2D eigenvalue weighted by Gasteiger charge is -2.18. The zero-order valence-electron chi connectivity index (χ0n) is 10.1. The standard InChI is InChI=1S/C12H15N5O/c1-17(7-9-3-2-4-10(13)5-9)11-6-15-16-12(11)14-8-18/h2-6,8H,7,13H2,1H3,(H2,14,15,16,18). The molecule has 2 aromatic rings. The van der Waals surface area contributed by atoms with Gasteiger partial charge in [0.1, 0.15) is 0 Å². The van der Waals surface area contributed by atoms with Crippen LogP contribution >= 0.6 is 0 Å². The molecule has 1 aromatic carbocycles. The molecule has 4 N–H and O–H groups in total. The Morgan fingerprint density at radius 3 is 3.11 bits per heavy atom. The molecule has 1 amide bonds. The minimum atomic E-state index is 0.580. The molecule has 2 rings (SSSR count). The average Bonchev–Trinajstić information content (AvgIpc) is 2.78. The van der Waals surface area contributed by atoms with Crippen LogP contribution in [0.25, 0.3) is 0 Å². The molecule has 0 spiro atoms. The normalized spacial score (nSPS) is 10.1. The van der Waals surface area contributed by atoms with E-state index in [0.717, 1.165) is 16.9 Å². The molecule has 0 aliphatic heterocycles. The Bertz CT molecular complexity index is 537. The van der Waals surface area contributed by atoms with Crippen molar-refractivity contribution in [2.45, 2.75) is 6.54 Å². The highest BCUT2D eigenvalue weighted by Gasteiger charge is 2.09. The van der Waals surface area contributed by atoms with E-state index in [4.69, 9.17) is 5.73 Å². The van der Waals surface area contributed by atoms with E-state index in [2.05, 4.69) is 15.5 Å². The van der Waals surface area contributed by atoms with Gasteiger partial charge in [-0.1, -0.05) is 12.1 Å². The van der Waals surface area contributed by atoms with E-state index in [1.165, 1.54) is 0 Å². The van der Waals surface area contributed by atoms with Gasteiger partial charge in [0, 0.05) is 19.3 Å². The number of hydrogen-bond acceptors (Lipinski definition) is 4. The summed E-state index contributed by atoms with van der Waals surface area (Å²) >= 11 is 0. The average molecular weight is 245 g/mol. The molecule has 0 radical (unpaired) electrons. The van der Waals surface area contributed by atoms with Crippen LogP contribution in [-0.4, -0.2) is 23.7 Å². The molecule has 6 nitrogen and oxygen atoms in total. The zero-order valence-corrected chi connectivity index (χ0v) is 10.1. The van der Waals surface area contributed by atoms with Crippen LogP contribution in [0.2, 0.25) is 0 Å². The molecule has 0 unspecified atom stereocenters. The molecule has 0 saturated carbocycles. The number of carbonyl (C=O) groups is 1. The first-order valence-corrected chi connectivity index (χ1v) is 5.50. The second kappa shape index (κ2) is 5.22. The second-order valence-corrected chi connectivity index (χ2v) is 3.99. The van der Waals surface area contributed by atoms with Gasteiger partial charge in [0.15, 0.2) is 5.82 Å². The molecule has 94 valence electrons. The Labute approximate surface area is 105 Å². The summed E-state index contributed by atoms with van der Waals surface area (Å²) in [6.45, 7) is 0.679. The summed E-state index contributed by atoms with van der Waals surface area (Å²) in [5.41, 5.74) is 8.39. The van der Waals surface area contributed by atoms with Crippen molar-refractivity contribution in [1.82, 2.24) is 10.2 Å². The Hall–Kier alpha value is -2.50. The maximum atomic E-state index is 10.5. The quantitative estimate of drug-likeness (QED) is 0.545. The van der Waals surface area contributed by atoms with E-state index >= 15 is 0 Å². The molecule has 0 aliphatic carbocycles. The zero-order chi connectivity index (χ0) is 13.0. The molecular formula is C12H15N5O. The molecule has 1 aromatic heterocycles. The first-order valence-electron chi connectivity index (χ1n) is 5.50. The number of nitrogen functional groups attached to an aromatic ring is 1. The lowest BCUT2D eigenvalue weighted by Crippen LogP contribution is -2.17. The summed E-state index contributed by atoms with van der Waals surface area (Å²) in [4.78, 5) is 12.4. The number of rotatable bonds is 5. The van der Waals surface area contributed by atoms with E-state index < -0.39 is 0 Å². The Kier molecular flexibility index (Phi) is 3.47. The number of anilines is 3. The van der Waals surface area contributed by atoms with Crippen molar-refractivity contribution in [1.29, 1.82) is 0 Å². The number of carbonyl (C=O) groups excluding carboxylic acids is 1. The van der Waals surface area contributed by atoms with Crippen LogP contribution in [0.4, 0.5) is 17.2 Å². The minimum absolute atomic E-state index is 0.580. The van der Waals surface area contributed by atoms with Crippen molar-refractivity contribution in [3.05, 3.63) is 36.0 Å². The van der Waals surface area contributed by atoms with E-state index in [-0.39, 0.29) is 0 Å². The summed E-state index contributed by atoms with van der Waals surface area (Å²) in [7, 11) is 1.92. The van der Waals surface area contributed by atoms with Crippen LogP contribution in [0.5, 0.6) is 0 Å². The fourth-order valence-corrected chi connectivity index (χ4v) is 1.78. The Balaban J connectivity index is 2.14. The summed E-state index contributed by atoms with van der Waals surface area (Å²) in [6, 6.07) is 7.68. The molecule has 0 atom stereocenters. The van der Waals surface area contributed by atoms with Crippen LogP contribution in [0.1, 0.15) is 5.56 Å². The van der Waals surface area contributed by atoms with E-state index in [1.54, 1.807) is 6.20 Å². The molecule has 18 heavy (non-hydrogen) atoms. The largest absolute Gasteiger partial charge is 0.399 e. The fraction of sp³-hybridized carbons (Fsp3) is 0.167. The number of amides is 1. The summed E-state index contributed by atoms with van der Waals surface area (Å²) < 4.78 is 0. The number of aromatic nitrogens is 2.